The molecule has 27 heavy (non-hydrogen) atoms. The Bertz CT molecular complexity index is 901. The van der Waals surface area contributed by atoms with Gasteiger partial charge in [0.05, 0.1) is 10.7 Å². The van der Waals surface area contributed by atoms with Crippen molar-refractivity contribution in [1.29, 1.82) is 0 Å². The predicted molar refractivity (Wildman–Crippen MR) is 109 cm³/mol. The first-order valence-corrected chi connectivity index (χ1v) is 9.48. The van der Waals surface area contributed by atoms with E-state index in [9.17, 15) is 14.9 Å². The number of carbonyl (C=O) groups is 1. The molecule has 0 unspecified atom stereocenters. The van der Waals surface area contributed by atoms with Gasteiger partial charge in [-0.2, -0.15) is 0 Å². The van der Waals surface area contributed by atoms with E-state index in [0.717, 1.165) is 5.56 Å². The molecule has 3 rings (SSSR count). The summed E-state index contributed by atoms with van der Waals surface area (Å²) >= 11 is 3.50. The molecule has 4 nitrogen and oxygen atoms in total. The highest BCUT2D eigenvalue weighted by Gasteiger charge is 2.42. The quantitative estimate of drug-likeness (QED) is 0.220. The summed E-state index contributed by atoms with van der Waals surface area (Å²) in [6.45, 7) is 0. The molecule has 3 atom stereocenters. The van der Waals surface area contributed by atoms with E-state index >= 15 is 0 Å². The number of carbonyl (C=O) groups excluding carboxylic acids is 1. The van der Waals surface area contributed by atoms with E-state index in [-0.39, 0.29) is 10.7 Å². The molecule has 0 aromatic heterocycles. The van der Waals surface area contributed by atoms with Crippen LogP contribution in [0.15, 0.2) is 91.0 Å². The number of Topliss-reactive ketones (excluding diaryl/α,β-unsaturated/α-hetero) is 1. The van der Waals surface area contributed by atoms with Crippen LogP contribution < -0.4 is 0 Å². The molecule has 0 saturated heterocycles. The Hall–Kier alpha value is -2.79. The topological polar surface area (TPSA) is 60.2 Å². The van der Waals surface area contributed by atoms with Gasteiger partial charge in [-0.1, -0.05) is 107 Å². The van der Waals surface area contributed by atoms with Gasteiger partial charge >= 0.3 is 0 Å². The molecule has 0 saturated carbocycles. The standard InChI is InChI=1S/C22H18BrNO3/c23-20(22(25)18-14-8-3-9-15-18)19(16-10-4-1-5-11-16)21(24(26)27)17-12-6-2-7-13-17/h1-15,19-21H/t19-,20-,21-/m0/s1. The van der Waals surface area contributed by atoms with Gasteiger partial charge in [0.1, 0.15) is 0 Å². The van der Waals surface area contributed by atoms with Gasteiger partial charge in [-0.05, 0) is 5.56 Å². The van der Waals surface area contributed by atoms with E-state index in [1.165, 1.54) is 0 Å². The lowest BCUT2D eigenvalue weighted by atomic mass is 9.82. The van der Waals surface area contributed by atoms with Crippen molar-refractivity contribution in [3.05, 3.63) is 118 Å². The summed E-state index contributed by atoms with van der Waals surface area (Å²) in [7, 11) is 0. The SMILES string of the molecule is O=C(c1ccccc1)[C@@H](Br)[C@H](c1ccccc1)[C@H](c1ccccc1)[N+](=O)[O-]. The maximum absolute atomic E-state index is 13.0. The van der Waals surface area contributed by atoms with Crippen molar-refractivity contribution in [3.8, 4) is 0 Å². The smallest absolute Gasteiger partial charge is 0.246 e. The largest absolute Gasteiger partial charge is 0.293 e. The molecule has 0 bridgehead atoms. The zero-order chi connectivity index (χ0) is 19.2. The fourth-order valence-electron chi connectivity index (χ4n) is 3.22. The number of hydrogen-bond acceptors (Lipinski definition) is 3. The van der Waals surface area contributed by atoms with E-state index in [0.29, 0.717) is 11.1 Å². The normalized spacial score (nSPS) is 14.1. The van der Waals surface area contributed by atoms with Crippen LogP contribution >= 0.6 is 15.9 Å². The molecule has 0 spiro atoms. The number of ketones is 1. The van der Waals surface area contributed by atoms with Crippen molar-refractivity contribution < 1.29 is 9.72 Å². The van der Waals surface area contributed by atoms with Crippen molar-refractivity contribution >= 4 is 21.7 Å². The summed E-state index contributed by atoms with van der Waals surface area (Å²) < 4.78 is 0. The first kappa shape index (κ1) is 19.0. The molecule has 0 heterocycles. The third-order valence-electron chi connectivity index (χ3n) is 4.52. The lowest BCUT2D eigenvalue weighted by molar-refractivity contribution is -0.533. The number of alkyl halides is 1. The number of hydrogen-bond donors (Lipinski definition) is 0. The molecular formula is C22H18BrNO3. The first-order valence-electron chi connectivity index (χ1n) is 8.56. The molecule has 0 amide bonds. The fraction of sp³-hybridized carbons (Fsp3) is 0.136. The molecule has 5 heteroatoms. The molecule has 0 aliphatic carbocycles. The molecule has 0 fully saturated rings. The van der Waals surface area contributed by atoms with Crippen molar-refractivity contribution in [2.24, 2.45) is 0 Å². The maximum Gasteiger partial charge on any atom is 0.246 e. The molecule has 0 aliphatic heterocycles. The zero-order valence-electron chi connectivity index (χ0n) is 14.4. The van der Waals surface area contributed by atoms with Gasteiger partial charge in [-0.3, -0.25) is 14.9 Å². The maximum atomic E-state index is 13.0. The number of nitro groups is 1. The third kappa shape index (κ3) is 4.31. The zero-order valence-corrected chi connectivity index (χ0v) is 16.0. The number of rotatable bonds is 7. The second kappa shape index (κ2) is 8.73. The monoisotopic (exact) mass is 423 g/mol. The van der Waals surface area contributed by atoms with Gasteiger partial charge in [0.15, 0.2) is 5.78 Å². The van der Waals surface area contributed by atoms with Crippen molar-refractivity contribution in [2.45, 2.75) is 16.8 Å². The summed E-state index contributed by atoms with van der Waals surface area (Å²) in [6.07, 6.45) is 0. The molecule has 3 aromatic carbocycles. The Balaban J connectivity index is 2.08. The van der Waals surface area contributed by atoms with Crippen LogP contribution in [0.5, 0.6) is 0 Å². The lowest BCUT2D eigenvalue weighted by Gasteiger charge is -2.25. The number of nitrogens with zero attached hydrogens (tertiary/aromatic N) is 1. The first-order chi connectivity index (χ1) is 13.1. The molecule has 0 aliphatic rings. The molecular weight excluding hydrogens is 406 g/mol. The van der Waals surface area contributed by atoms with Crippen LogP contribution in [-0.2, 0) is 0 Å². The summed E-state index contributed by atoms with van der Waals surface area (Å²) in [5, 5.41) is 12.1. The minimum Gasteiger partial charge on any atom is -0.293 e. The van der Waals surface area contributed by atoms with Crippen LogP contribution in [0.25, 0.3) is 0 Å². The minimum absolute atomic E-state index is 0.174. The predicted octanol–water partition coefficient (Wildman–Crippen LogP) is 5.43. The average Bonchev–Trinajstić information content (AvgIpc) is 2.72. The summed E-state index contributed by atoms with van der Waals surface area (Å²) in [5.74, 6) is -0.830. The second-order valence-corrected chi connectivity index (χ2v) is 7.20. The van der Waals surface area contributed by atoms with E-state index < -0.39 is 16.8 Å². The molecule has 3 aromatic rings. The van der Waals surface area contributed by atoms with E-state index in [1.807, 2.05) is 42.5 Å². The molecule has 136 valence electrons. The fourth-order valence-corrected chi connectivity index (χ4v) is 4.08. The summed E-state index contributed by atoms with van der Waals surface area (Å²) in [6, 6.07) is 25.8. The van der Waals surface area contributed by atoms with Crippen LogP contribution in [-0.4, -0.2) is 15.5 Å². The van der Waals surface area contributed by atoms with Crippen molar-refractivity contribution in [1.82, 2.24) is 0 Å². The molecule has 0 N–H and O–H groups in total. The third-order valence-corrected chi connectivity index (χ3v) is 5.50. The number of benzene rings is 3. The molecule has 0 radical (unpaired) electrons. The highest BCUT2D eigenvalue weighted by atomic mass is 79.9. The van der Waals surface area contributed by atoms with Crippen LogP contribution in [0, 0.1) is 10.1 Å². The Morgan fingerprint density at radius 2 is 1.22 bits per heavy atom. The van der Waals surface area contributed by atoms with Crippen LogP contribution in [0.3, 0.4) is 0 Å². The van der Waals surface area contributed by atoms with Crippen LogP contribution in [0.1, 0.15) is 33.4 Å². The van der Waals surface area contributed by atoms with Crippen molar-refractivity contribution in [3.63, 3.8) is 0 Å². The van der Waals surface area contributed by atoms with Gasteiger partial charge in [-0.25, -0.2) is 0 Å². The van der Waals surface area contributed by atoms with Crippen LogP contribution in [0.4, 0.5) is 0 Å². The van der Waals surface area contributed by atoms with Gasteiger partial charge in [0.25, 0.3) is 0 Å². The Labute approximate surface area is 166 Å². The average molecular weight is 424 g/mol. The van der Waals surface area contributed by atoms with E-state index in [4.69, 9.17) is 0 Å². The highest BCUT2D eigenvalue weighted by molar-refractivity contribution is 9.10. The van der Waals surface area contributed by atoms with Gasteiger partial charge in [-0.15, -0.1) is 0 Å². The Morgan fingerprint density at radius 1 is 0.778 bits per heavy atom. The lowest BCUT2D eigenvalue weighted by Crippen LogP contribution is -2.31. The van der Waals surface area contributed by atoms with E-state index in [1.54, 1.807) is 48.5 Å². The Morgan fingerprint density at radius 3 is 1.70 bits per heavy atom. The van der Waals surface area contributed by atoms with Gasteiger partial charge in [0, 0.05) is 16.1 Å². The summed E-state index contributed by atoms with van der Waals surface area (Å²) in [5.41, 5.74) is 1.84. The van der Waals surface area contributed by atoms with Crippen LogP contribution in [0.2, 0.25) is 0 Å². The van der Waals surface area contributed by atoms with Gasteiger partial charge in [0.2, 0.25) is 6.04 Å². The van der Waals surface area contributed by atoms with Crippen molar-refractivity contribution in [2.75, 3.05) is 0 Å². The second-order valence-electron chi connectivity index (χ2n) is 6.21. The summed E-state index contributed by atoms with van der Waals surface area (Å²) in [4.78, 5) is 24.1. The highest BCUT2D eigenvalue weighted by Crippen LogP contribution is 2.40. The Kier molecular flexibility index (Phi) is 6.14. The van der Waals surface area contributed by atoms with Gasteiger partial charge < -0.3 is 0 Å². The minimum atomic E-state index is -1.05. The number of halogens is 1. The van der Waals surface area contributed by atoms with E-state index in [2.05, 4.69) is 15.9 Å².